The molecule has 0 saturated heterocycles. The number of fused-ring (bicyclic) bond motifs is 2. The van der Waals surface area contributed by atoms with Gasteiger partial charge in [0.2, 0.25) is 19.7 Å². The van der Waals surface area contributed by atoms with Crippen molar-refractivity contribution in [1.82, 2.24) is 0 Å². The number of rotatable bonds is 9. The number of carbonyl (C=O) groups is 2. The van der Waals surface area contributed by atoms with Crippen molar-refractivity contribution >= 4 is 37.2 Å². The second-order valence-electron chi connectivity index (χ2n) is 12.4. The van der Waals surface area contributed by atoms with Crippen molar-refractivity contribution < 1.29 is 41.0 Å². The topological polar surface area (TPSA) is 141 Å². The van der Waals surface area contributed by atoms with E-state index < -0.39 is 31.2 Å². The predicted octanol–water partition coefficient (Wildman–Crippen LogP) is 7.43. The van der Waals surface area contributed by atoms with Gasteiger partial charge in [0.25, 0.3) is 0 Å². The summed E-state index contributed by atoms with van der Waals surface area (Å²) in [6.45, 7) is 4.09. The predicted molar refractivity (Wildman–Crippen MR) is 199 cm³/mol. The van der Waals surface area contributed by atoms with Crippen molar-refractivity contribution in [3.05, 3.63) is 125 Å². The standard InChI is InChI=1S/C20H22O5S.C20H20O4S.CH4/c1-2-25-19(21)14-20(22)12-6-7-15-13-17(10-11-18(15)20)26(23,24)16-8-4-3-5-9-16;1-2-24-20(21)14-16-8-6-7-15-13-18(11-12-19(15)16)25(22,23)17-9-4-3-5-10-17;/h3-5,8-11,13,22H,2,6-7,12,14H2,1H3;3-5,9-14H,2,6-8H2,1H3;1H4/b;16-14+;. The number of hydrogen-bond acceptors (Lipinski definition) is 9. The lowest BCUT2D eigenvalue weighted by Gasteiger charge is -2.34. The number of aryl methyl sites for hydroxylation is 2. The smallest absolute Gasteiger partial charge is 0.331 e. The Morgan fingerprint density at radius 3 is 1.81 bits per heavy atom. The van der Waals surface area contributed by atoms with E-state index in [0.717, 1.165) is 41.5 Å². The van der Waals surface area contributed by atoms with Crippen molar-refractivity contribution in [1.29, 1.82) is 0 Å². The molecule has 9 nitrogen and oxygen atoms in total. The molecule has 11 heteroatoms. The summed E-state index contributed by atoms with van der Waals surface area (Å²) in [7, 11) is -7.15. The van der Waals surface area contributed by atoms with Crippen LogP contribution in [0.25, 0.3) is 5.57 Å². The minimum absolute atomic E-state index is 0. The molecule has 52 heavy (non-hydrogen) atoms. The molecule has 0 fully saturated rings. The number of hydrogen-bond donors (Lipinski definition) is 1. The van der Waals surface area contributed by atoms with Gasteiger partial charge in [-0.25, -0.2) is 21.6 Å². The second-order valence-corrected chi connectivity index (χ2v) is 16.3. The molecule has 4 aromatic rings. The first-order chi connectivity index (χ1) is 24.4. The molecule has 276 valence electrons. The quantitative estimate of drug-likeness (QED) is 0.137. The third kappa shape index (κ3) is 9.07. The zero-order chi connectivity index (χ0) is 36.6. The highest BCUT2D eigenvalue weighted by Gasteiger charge is 2.37. The molecule has 0 aliphatic heterocycles. The maximum absolute atomic E-state index is 12.8. The molecular formula is C41H46O9S2. The molecule has 2 aliphatic rings. The van der Waals surface area contributed by atoms with Crippen LogP contribution in [0.3, 0.4) is 0 Å². The van der Waals surface area contributed by atoms with Crippen LogP contribution >= 0.6 is 0 Å². The van der Waals surface area contributed by atoms with Gasteiger partial charge in [-0.1, -0.05) is 56.0 Å². The van der Waals surface area contributed by atoms with Crippen molar-refractivity contribution in [3.63, 3.8) is 0 Å². The molecule has 1 atom stereocenters. The van der Waals surface area contributed by atoms with Gasteiger partial charge in [-0.05, 0) is 129 Å². The summed E-state index contributed by atoms with van der Waals surface area (Å²) < 4.78 is 61.1. The number of benzene rings is 4. The summed E-state index contributed by atoms with van der Waals surface area (Å²) in [6.07, 6.45) is 5.66. The molecule has 4 aromatic carbocycles. The Kier molecular flexibility index (Phi) is 13.4. The molecule has 6 rings (SSSR count). The fourth-order valence-electron chi connectivity index (χ4n) is 6.55. The number of aliphatic hydroxyl groups is 1. The Bertz CT molecular complexity index is 2130. The van der Waals surface area contributed by atoms with Gasteiger partial charge < -0.3 is 14.6 Å². The third-order valence-electron chi connectivity index (χ3n) is 8.98. The lowest BCUT2D eigenvalue weighted by atomic mass is 9.77. The average Bonchev–Trinajstić information content (AvgIpc) is 3.12. The molecule has 0 heterocycles. The summed E-state index contributed by atoms with van der Waals surface area (Å²) in [5.41, 5.74) is 2.87. The highest BCUT2D eigenvalue weighted by molar-refractivity contribution is 7.91. The normalized spacial score (nSPS) is 17.3. The molecule has 0 spiro atoms. The van der Waals surface area contributed by atoms with Crippen LogP contribution in [-0.4, -0.2) is 47.1 Å². The van der Waals surface area contributed by atoms with Gasteiger partial charge >= 0.3 is 11.9 Å². The third-order valence-corrected chi connectivity index (χ3v) is 12.5. The van der Waals surface area contributed by atoms with E-state index in [1.807, 2.05) is 0 Å². The van der Waals surface area contributed by atoms with Crippen LogP contribution in [-0.2, 0) is 57.2 Å². The fourth-order valence-corrected chi connectivity index (χ4v) is 9.21. The molecule has 1 N–H and O–H groups in total. The fraction of sp³-hybridized carbons (Fsp3) is 0.317. The molecule has 2 aliphatic carbocycles. The molecule has 0 radical (unpaired) electrons. The number of ether oxygens (including phenoxy) is 2. The number of carbonyl (C=O) groups excluding carboxylic acids is 2. The molecular weight excluding hydrogens is 701 g/mol. The maximum Gasteiger partial charge on any atom is 0.331 e. The first kappa shape index (κ1) is 40.2. The van der Waals surface area contributed by atoms with E-state index in [1.54, 1.807) is 105 Å². The van der Waals surface area contributed by atoms with Crippen LogP contribution in [0.15, 0.2) is 123 Å². The highest BCUT2D eigenvalue weighted by atomic mass is 32.2. The van der Waals surface area contributed by atoms with Crippen molar-refractivity contribution in [2.24, 2.45) is 0 Å². The second kappa shape index (κ2) is 17.3. The first-order valence-corrected chi connectivity index (χ1v) is 20.0. The van der Waals surface area contributed by atoms with E-state index in [2.05, 4.69) is 0 Å². The Balaban J connectivity index is 0.000000228. The Labute approximate surface area is 307 Å². The van der Waals surface area contributed by atoms with Crippen molar-refractivity contribution in [2.45, 2.75) is 91.4 Å². The Morgan fingerprint density at radius 1 is 0.692 bits per heavy atom. The maximum atomic E-state index is 12.8. The lowest BCUT2D eigenvalue weighted by Crippen LogP contribution is -2.34. The number of allylic oxidation sites excluding steroid dienone is 1. The van der Waals surface area contributed by atoms with Gasteiger partial charge in [0.1, 0.15) is 5.60 Å². The molecule has 0 aromatic heterocycles. The van der Waals surface area contributed by atoms with Gasteiger partial charge in [-0.2, -0.15) is 0 Å². The molecule has 0 bridgehead atoms. The first-order valence-electron chi connectivity index (χ1n) is 17.0. The minimum atomic E-state index is -3.61. The van der Waals surface area contributed by atoms with Crippen LogP contribution in [0.2, 0.25) is 0 Å². The van der Waals surface area contributed by atoms with Gasteiger partial charge in [-0.15, -0.1) is 0 Å². The van der Waals surface area contributed by atoms with E-state index in [-0.39, 0.29) is 46.0 Å². The largest absolute Gasteiger partial charge is 0.466 e. The SMILES string of the molecule is C.CCOC(=O)/C=C1\CCCc2cc(S(=O)(=O)c3ccccc3)ccc21.CCOC(=O)CC1(O)CCCc2cc(S(=O)(=O)c3ccccc3)ccc21. The average molecular weight is 747 g/mol. The zero-order valence-electron chi connectivity index (χ0n) is 28.7. The molecule has 0 amide bonds. The van der Waals surface area contributed by atoms with E-state index in [4.69, 9.17) is 9.47 Å². The van der Waals surface area contributed by atoms with Crippen LogP contribution < -0.4 is 0 Å². The van der Waals surface area contributed by atoms with Gasteiger partial charge in [-0.3, -0.25) is 4.79 Å². The monoisotopic (exact) mass is 746 g/mol. The van der Waals surface area contributed by atoms with Crippen LogP contribution in [0.5, 0.6) is 0 Å². The number of esters is 2. The van der Waals surface area contributed by atoms with Crippen LogP contribution in [0, 0.1) is 0 Å². The number of sulfone groups is 2. The van der Waals surface area contributed by atoms with Crippen LogP contribution in [0.1, 0.15) is 75.6 Å². The minimum Gasteiger partial charge on any atom is -0.466 e. The van der Waals surface area contributed by atoms with E-state index in [1.165, 1.54) is 12.1 Å². The summed E-state index contributed by atoms with van der Waals surface area (Å²) >= 11 is 0. The Morgan fingerprint density at radius 2 is 1.23 bits per heavy atom. The van der Waals surface area contributed by atoms with Crippen molar-refractivity contribution in [2.75, 3.05) is 13.2 Å². The summed E-state index contributed by atoms with van der Waals surface area (Å²) in [6, 6.07) is 26.6. The van der Waals surface area contributed by atoms with Gasteiger partial charge in [0.05, 0.1) is 39.2 Å². The molecule has 1 unspecified atom stereocenters. The zero-order valence-corrected chi connectivity index (χ0v) is 30.3. The summed E-state index contributed by atoms with van der Waals surface area (Å²) in [5.74, 6) is -0.810. The highest BCUT2D eigenvalue weighted by Crippen LogP contribution is 2.40. The lowest BCUT2D eigenvalue weighted by molar-refractivity contribution is -0.149. The summed E-state index contributed by atoms with van der Waals surface area (Å²) in [4.78, 5) is 24.6. The van der Waals surface area contributed by atoms with Gasteiger partial charge in [0.15, 0.2) is 0 Å². The van der Waals surface area contributed by atoms with Crippen molar-refractivity contribution in [3.8, 4) is 0 Å². The van der Waals surface area contributed by atoms with Crippen LogP contribution in [0.4, 0.5) is 0 Å². The van der Waals surface area contributed by atoms with E-state index in [0.29, 0.717) is 31.4 Å². The Hall–Kier alpha value is -4.58. The molecule has 0 saturated carbocycles. The van der Waals surface area contributed by atoms with Gasteiger partial charge in [0, 0.05) is 6.08 Å². The van der Waals surface area contributed by atoms with E-state index >= 15 is 0 Å². The van der Waals surface area contributed by atoms with E-state index in [9.17, 15) is 31.5 Å². The summed E-state index contributed by atoms with van der Waals surface area (Å²) in [5, 5.41) is 11.0.